The molecule has 114 valence electrons. The third-order valence-corrected chi connectivity index (χ3v) is 3.83. The zero-order valence-corrected chi connectivity index (χ0v) is 13.6. The van der Waals surface area contributed by atoms with E-state index in [1.54, 1.807) is 0 Å². The van der Waals surface area contributed by atoms with E-state index >= 15 is 0 Å². The summed E-state index contributed by atoms with van der Waals surface area (Å²) in [5.74, 6) is 0. The van der Waals surface area contributed by atoms with E-state index in [1.807, 2.05) is 7.05 Å². The molecule has 2 nitrogen and oxygen atoms in total. The fourth-order valence-electron chi connectivity index (χ4n) is 2.46. The van der Waals surface area contributed by atoms with Crippen LogP contribution in [0.5, 0.6) is 0 Å². The molecule has 0 aromatic heterocycles. The Hall–Kier alpha value is -1.38. The first kappa shape index (κ1) is 16.0. The number of ether oxygens (including phenoxy) is 1. The standard InChI is InChI=1S/C19H27NO/c1-19(2,3)12-13-21-14-18(20-4)17-11-7-9-15-8-5-6-10-16(15)17/h5-11,18,20H,12-14H2,1-4H3. The van der Waals surface area contributed by atoms with Crippen LogP contribution in [0.15, 0.2) is 42.5 Å². The molecule has 0 spiro atoms. The molecule has 0 radical (unpaired) electrons. The normalized spacial score (nSPS) is 13.5. The molecule has 0 aliphatic carbocycles. The van der Waals surface area contributed by atoms with Gasteiger partial charge in [-0.05, 0) is 35.2 Å². The van der Waals surface area contributed by atoms with Crippen LogP contribution in [0, 0.1) is 5.41 Å². The van der Waals surface area contributed by atoms with E-state index in [4.69, 9.17) is 4.74 Å². The molecule has 0 aliphatic heterocycles. The van der Waals surface area contributed by atoms with Crippen LogP contribution >= 0.6 is 0 Å². The zero-order valence-electron chi connectivity index (χ0n) is 13.6. The Labute approximate surface area is 128 Å². The van der Waals surface area contributed by atoms with E-state index in [-0.39, 0.29) is 6.04 Å². The minimum absolute atomic E-state index is 0.232. The van der Waals surface area contributed by atoms with Gasteiger partial charge in [0.15, 0.2) is 0 Å². The number of rotatable bonds is 6. The van der Waals surface area contributed by atoms with Crippen LogP contribution in [0.25, 0.3) is 10.8 Å². The second-order valence-electron chi connectivity index (χ2n) is 6.80. The Morgan fingerprint density at radius 2 is 1.76 bits per heavy atom. The molecule has 0 heterocycles. The van der Waals surface area contributed by atoms with E-state index in [2.05, 4.69) is 68.6 Å². The SMILES string of the molecule is CNC(COCCC(C)(C)C)c1cccc2ccccc12. The first-order chi connectivity index (χ1) is 10.0. The third kappa shape index (κ3) is 4.55. The maximum atomic E-state index is 5.90. The number of hydrogen-bond donors (Lipinski definition) is 1. The minimum Gasteiger partial charge on any atom is -0.379 e. The number of likely N-dealkylation sites (N-methyl/N-ethyl adjacent to an activating group) is 1. The predicted molar refractivity (Wildman–Crippen MR) is 90.6 cm³/mol. The molecule has 0 saturated heterocycles. The summed E-state index contributed by atoms with van der Waals surface area (Å²) in [5.41, 5.74) is 1.64. The van der Waals surface area contributed by atoms with Gasteiger partial charge in [0.1, 0.15) is 0 Å². The van der Waals surface area contributed by atoms with Gasteiger partial charge in [0.25, 0.3) is 0 Å². The molecule has 1 atom stereocenters. The van der Waals surface area contributed by atoms with Crippen molar-refractivity contribution in [3.8, 4) is 0 Å². The summed E-state index contributed by atoms with van der Waals surface area (Å²) in [6, 6.07) is 15.2. The second-order valence-corrected chi connectivity index (χ2v) is 6.80. The highest BCUT2D eigenvalue weighted by Gasteiger charge is 2.14. The van der Waals surface area contributed by atoms with Crippen LogP contribution in [0.2, 0.25) is 0 Å². The highest BCUT2D eigenvalue weighted by molar-refractivity contribution is 5.86. The number of hydrogen-bond acceptors (Lipinski definition) is 2. The van der Waals surface area contributed by atoms with Crippen molar-refractivity contribution in [3.05, 3.63) is 48.0 Å². The van der Waals surface area contributed by atoms with Crippen molar-refractivity contribution >= 4 is 10.8 Å². The van der Waals surface area contributed by atoms with E-state index in [9.17, 15) is 0 Å². The molecule has 1 unspecified atom stereocenters. The summed E-state index contributed by atoms with van der Waals surface area (Å²) >= 11 is 0. The van der Waals surface area contributed by atoms with Crippen LogP contribution in [0.1, 0.15) is 38.8 Å². The summed E-state index contributed by atoms with van der Waals surface area (Å²) in [6.07, 6.45) is 1.08. The Bertz CT molecular complexity index is 566. The van der Waals surface area contributed by atoms with Crippen molar-refractivity contribution in [1.29, 1.82) is 0 Å². The molecule has 21 heavy (non-hydrogen) atoms. The molecule has 0 aliphatic rings. The Morgan fingerprint density at radius 3 is 2.48 bits per heavy atom. The largest absolute Gasteiger partial charge is 0.379 e. The van der Waals surface area contributed by atoms with Gasteiger partial charge in [-0.15, -0.1) is 0 Å². The van der Waals surface area contributed by atoms with Gasteiger partial charge in [-0.3, -0.25) is 0 Å². The highest BCUT2D eigenvalue weighted by Crippen LogP contribution is 2.25. The van der Waals surface area contributed by atoms with Crippen molar-refractivity contribution < 1.29 is 4.74 Å². The maximum absolute atomic E-state index is 5.90. The lowest BCUT2D eigenvalue weighted by molar-refractivity contribution is 0.0917. The molecule has 2 rings (SSSR count). The van der Waals surface area contributed by atoms with Crippen LogP contribution in [-0.4, -0.2) is 20.3 Å². The van der Waals surface area contributed by atoms with E-state index in [1.165, 1.54) is 16.3 Å². The molecular weight excluding hydrogens is 258 g/mol. The molecule has 0 saturated carbocycles. The summed E-state index contributed by atoms with van der Waals surface area (Å²) in [6.45, 7) is 8.26. The van der Waals surface area contributed by atoms with Gasteiger partial charge < -0.3 is 10.1 Å². The first-order valence-corrected chi connectivity index (χ1v) is 7.74. The molecule has 1 N–H and O–H groups in total. The molecule has 0 bridgehead atoms. The van der Waals surface area contributed by atoms with Crippen LogP contribution < -0.4 is 5.32 Å². The van der Waals surface area contributed by atoms with E-state index in [0.717, 1.165) is 13.0 Å². The van der Waals surface area contributed by atoms with Gasteiger partial charge in [-0.25, -0.2) is 0 Å². The average Bonchev–Trinajstić information content (AvgIpc) is 2.46. The maximum Gasteiger partial charge on any atom is 0.0661 e. The average molecular weight is 285 g/mol. The summed E-state index contributed by atoms with van der Waals surface area (Å²) in [5, 5.41) is 5.97. The van der Waals surface area contributed by atoms with Crippen molar-refractivity contribution in [2.24, 2.45) is 5.41 Å². The number of nitrogens with one attached hydrogen (secondary N) is 1. The van der Waals surface area contributed by atoms with Gasteiger partial charge in [0.05, 0.1) is 12.6 Å². The number of fused-ring (bicyclic) bond motifs is 1. The highest BCUT2D eigenvalue weighted by atomic mass is 16.5. The third-order valence-electron chi connectivity index (χ3n) is 3.83. The fraction of sp³-hybridized carbons (Fsp3) is 0.474. The van der Waals surface area contributed by atoms with Gasteiger partial charge in [-0.1, -0.05) is 63.2 Å². The Morgan fingerprint density at radius 1 is 1.05 bits per heavy atom. The van der Waals surface area contributed by atoms with Crippen LogP contribution in [-0.2, 0) is 4.74 Å². The van der Waals surface area contributed by atoms with Gasteiger partial charge in [0.2, 0.25) is 0 Å². The summed E-state index contributed by atoms with van der Waals surface area (Å²) in [7, 11) is 2.00. The fourth-order valence-corrected chi connectivity index (χ4v) is 2.46. The molecule has 0 fully saturated rings. The van der Waals surface area contributed by atoms with Crippen molar-refractivity contribution in [1.82, 2.24) is 5.32 Å². The Kier molecular flexibility index (Phi) is 5.38. The molecule has 2 heteroatoms. The molecule has 2 aromatic rings. The summed E-state index contributed by atoms with van der Waals surface area (Å²) < 4.78 is 5.90. The van der Waals surface area contributed by atoms with E-state index in [0.29, 0.717) is 12.0 Å². The van der Waals surface area contributed by atoms with Gasteiger partial charge in [0, 0.05) is 6.61 Å². The lowest BCUT2D eigenvalue weighted by atomic mass is 9.93. The van der Waals surface area contributed by atoms with Crippen molar-refractivity contribution in [2.45, 2.75) is 33.2 Å². The lowest BCUT2D eigenvalue weighted by Gasteiger charge is -2.21. The van der Waals surface area contributed by atoms with Gasteiger partial charge >= 0.3 is 0 Å². The molecule has 2 aromatic carbocycles. The topological polar surface area (TPSA) is 21.3 Å². The quantitative estimate of drug-likeness (QED) is 0.786. The van der Waals surface area contributed by atoms with Crippen LogP contribution in [0.4, 0.5) is 0 Å². The van der Waals surface area contributed by atoms with Crippen molar-refractivity contribution in [2.75, 3.05) is 20.3 Å². The van der Waals surface area contributed by atoms with Crippen LogP contribution in [0.3, 0.4) is 0 Å². The predicted octanol–water partition coefficient (Wildman–Crippen LogP) is 4.55. The minimum atomic E-state index is 0.232. The second kappa shape index (κ2) is 7.06. The summed E-state index contributed by atoms with van der Waals surface area (Å²) in [4.78, 5) is 0. The molecular formula is C19H27NO. The monoisotopic (exact) mass is 285 g/mol. The molecule has 0 amide bonds. The smallest absolute Gasteiger partial charge is 0.0661 e. The number of benzene rings is 2. The van der Waals surface area contributed by atoms with Gasteiger partial charge in [-0.2, -0.15) is 0 Å². The van der Waals surface area contributed by atoms with Crippen molar-refractivity contribution in [3.63, 3.8) is 0 Å². The first-order valence-electron chi connectivity index (χ1n) is 7.74. The lowest BCUT2D eigenvalue weighted by Crippen LogP contribution is -2.23. The zero-order chi connectivity index (χ0) is 15.3. The van der Waals surface area contributed by atoms with E-state index < -0.39 is 0 Å². The Balaban J connectivity index is 2.06.